The highest BCUT2D eigenvalue weighted by atomic mass is 35.5. The molecular formula is C19H18Cl2N2O4S. The number of piperazine rings is 1. The highest BCUT2D eigenvalue weighted by Crippen LogP contribution is 2.24. The highest BCUT2D eigenvalue weighted by Gasteiger charge is 2.31. The Kier molecular flexibility index (Phi) is 6.09. The molecule has 28 heavy (non-hydrogen) atoms. The Morgan fingerprint density at radius 3 is 2.25 bits per heavy atom. The number of benzene rings is 2. The van der Waals surface area contributed by atoms with Crippen LogP contribution in [0.1, 0.15) is 27.6 Å². The van der Waals surface area contributed by atoms with E-state index in [4.69, 9.17) is 23.2 Å². The number of Topliss-reactive ketones (excluding diaryl/α,β-unsaturated/α-hetero) is 1. The molecule has 1 aliphatic rings. The van der Waals surface area contributed by atoms with Crippen LogP contribution < -0.4 is 0 Å². The summed E-state index contributed by atoms with van der Waals surface area (Å²) in [5.74, 6) is -0.468. The van der Waals surface area contributed by atoms with Crippen molar-refractivity contribution in [2.75, 3.05) is 26.2 Å². The summed E-state index contributed by atoms with van der Waals surface area (Å²) in [6.07, 6.45) is 0. The highest BCUT2D eigenvalue weighted by molar-refractivity contribution is 7.89. The smallest absolute Gasteiger partial charge is 0.255 e. The number of hydrogen-bond donors (Lipinski definition) is 0. The van der Waals surface area contributed by atoms with Crippen molar-refractivity contribution in [3.63, 3.8) is 0 Å². The van der Waals surface area contributed by atoms with Gasteiger partial charge in [-0.3, -0.25) is 9.59 Å². The van der Waals surface area contributed by atoms with Crippen LogP contribution in [0.3, 0.4) is 0 Å². The maximum absolute atomic E-state index is 12.9. The van der Waals surface area contributed by atoms with Gasteiger partial charge in [-0.2, -0.15) is 4.31 Å². The van der Waals surface area contributed by atoms with E-state index in [0.29, 0.717) is 16.1 Å². The van der Waals surface area contributed by atoms with Gasteiger partial charge in [-0.05, 0) is 37.3 Å². The molecule has 6 nitrogen and oxygen atoms in total. The fraction of sp³-hybridized carbons (Fsp3) is 0.263. The molecule has 2 aromatic carbocycles. The van der Waals surface area contributed by atoms with Crippen LogP contribution in [0.15, 0.2) is 47.4 Å². The summed E-state index contributed by atoms with van der Waals surface area (Å²) < 4.78 is 27.1. The lowest BCUT2D eigenvalue weighted by Crippen LogP contribution is -2.50. The number of carbonyl (C=O) groups is 2. The molecule has 0 radical (unpaired) electrons. The zero-order valence-corrected chi connectivity index (χ0v) is 17.4. The van der Waals surface area contributed by atoms with E-state index >= 15 is 0 Å². The van der Waals surface area contributed by atoms with Gasteiger partial charge in [0.25, 0.3) is 5.91 Å². The number of ketones is 1. The molecule has 1 aliphatic heterocycles. The summed E-state index contributed by atoms with van der Waals surface area (Å²) in [5, 5.41) is 0.693. The Bertz CT molecular complexity index is 1030. The fourth-order valence-electron chi connectivity index (χ4n) is 2.99. The molecule has 0 N–H and O–H groups in total. The lowest BCUT2D eigenvalue weighted by atomic mass is 10.2. The quantitative estimate of drug-likeness (QED) is 0.683. The van der Waals surface area contributed by atoms with Crippen LogP contribution in [0.5, 0.6) is 0 Å². The van der Waals surface area contributed by atoms with Gasteiger partial charge in [-0.1, -0.05) is 35.3 Å². The maximum Gasteiger partial charge on any atom is 0.255 e. The standard InChI is InChI=1S/C19H18Cl2N2O4S/c1-13(24)14-3-2-4-16(11-14)28(26,27)23-9-7-22(8-10-23)19(25)17-6-5-15(20)12-18(17)21/h2-6,11-12H,7-10H2,1H3. The first-order valence-corrected chi connectivity index (χ1v) is 10.8. The number of nitrogens with zero attached hydrogens (tertiary/aromatic N) is 2. The summed E-state index contributed by atoms with van der Waals surface area (Å²) in [4.78, 5) is 25.8. The molecule has 0 unspecified atom stereocenters. The van der Waals surface area contributed by atoms with Crippen molar-refractivity contribution >= 4 is 44.9 Å². The second-order valence-corrected chi connectivity index (χ2v) is 9.19. The van der Waals surface area contributed by atoms with E-state index in [1.54, 1.807) is 29.2 Å². The van der Waals surface area contributed by atoms with Crippen LogP contribution in [0.4, 0.5) is 0 Å². The SMILES string of the molecule is CC(=O)c1cccc(S(=O)(=O)N2CCN(C(=O)c3ccc(Cl)cc3Cl)CC2)c1. The van der Waals surface area contributed by atoms with Crippen molar-refractivity contribution in [3.05, 3.63) is 63.6 Å². The minimum absolute atomic E-state index is 0.0701. The Morgan fingerprint density at radius 1 is 0.964 bits per heavy atom. The summed E-state index contributed by atoms with van der Waals surface area (Å²) in [5.41, 5.74) is 0.670. The van der Waals surface area contributed by atoms with E-state index in [2.05, 4.69) is 0 Å². The van der Waals surface area contributed by atoms with Crippen LogP contribution in [0.25, 0.3) is 0 Å². The molecule has 1 fully saturated rings. The third-order valence-corrected chi connectivity index (χ3v) is 7.01. The Hall–Kier alpha value is -1.93. The van der Waals surface area contributed by atoms with Crippen LogP contribution in [-0.2, 0) is 10.0 Å². The summed E-state index contributed by atoms with van der Waals surface area (Å²) in [6, 6.07) is 10.6. The zero-order valence-electron chi connectivity index (χ0n) is 15.1. The van der Waals surface area contributed by atoms with Gasteiger partial charge < -0.3 is 4.90 Å². The number of sulfonamides is 1. The molecule has 3 rings (SSSR count). The van der Waals surface area contributed by atoms with Crippen LogP contribution in [0, 0.1) is 0 Å². The molecule has 0 saturated carbocycles. The van der Waals surface area contributed by atoms with Gasteiger partial charge in [0.2, 0.25) is 10.0 Å². The average molecular weight is 441 g/mol. The average Bonchev–Trinajstić information content (AvgIpc) is 2.67. The first kappa shape index (κ1) is 20.8. The van der Waals surface area contributed by atoms with Crippen LogP contribution >= 0.6 is 23.2 Å². The molecule has 9 heteroatoms. The van der Waals surface area contributed by atoms with E-state index in [-0.39, 0.29) is 47.8 Å². The van der Waals surface area contributed by atoms with Crippen LogP contribution in [-0.4, -0.2) is 55.5 Å². The summed E-state index contributed by atoms with van der Waals surface area (Å²) in [7, 11) is -3.75. The molecule has 0 aromatic heterocycles. The van der Waals surface area contributed by atoms with Gasteiger partial charge in [0.1, 0.15) is 0 Å². The van der Waals surface area contributed by atoms with Crippen molar-refractivity contribution in [1.29, 1.82) is 0 Å². The molecule has 148 valence electrons. The van der Waals surface area contributed by atoms with Crippen molar-refractivity contribution < 1.29 is 18.0 Å². The Morgan fingerprint density at radius 2 is 1.64 bits per heavy atom. The van der Waals surface area contributed by atoms with Crippen molar-refractivity contribution in [2.24, 2.45) is 0 Å². The molecule has 0 aliphatic carbocycles. The van der Waals surface area contributed by atoms with Gasteiger partial charge in [0.05, 0.1) is 15.5 Å². The predicted molar refractivity (Wildman–Crippen MR) is 108 cm³/mol. The minimum Gasteiger partial charge on any atom is -0.336 e. The lowest BCUT2D eigenvalue weighted by Gasteiger charge is -2.34. The number of carbonyl (C=O) groups excluding carboxylic acids is 2. The third-order valence-electron chi connectivity index (χ3n) is 4.57. The first-order valence-electron chi connectivity index (χ1n) is 8.55. The molecular weight excluding hydrogens is 423 g/mol. The van der Waals surface area contributed by atoms with E-state index < -0.39 is 10.0 Å². The Labute approximate surface area is 173 Å². The second-order valence-electron chi connectivity index (χ2n) is 6.40. The topological polar surface area (TPSA) is 74.8 Å². The van der Waals surface area contributed by atoms with E-state index in [0.717, 1.165) is 0 Å². The molecule has 1 amide bonds. The summed E-state index contributed by atoms with van der Waals surface area (Å²) >= 11 is 12.0. The van der Waals surface area contributed by atoms with Gasteiger partial charge in [-0.15, -0.1) is 0 Å². The van der Waals surface area contributed by atoms with Crippen molar-refractivity contribution in [1.82, 2.24) is 9.21 Å². The molecule has 1 saturated heterocycles. The second kappa shape index (κ2) is 8.21. The monoisotopic (exact) mass is 440 g/mol. The van der Waals surface area contributed by atoms with Gasteiger partial charge in [0.15, 0.2) is 5.78 Å². The Balaban J connectivity index is 1.73. The predicted octanol–water partition coefficient (Wildman–Crippen LogP) is 3.34. The van der Waals surface area contributed by atoms with E-state index in [9.17, 15) is 18.0 Å². The van der Waals surface area contributed by atoms with Gasteiger partial charge in [0, 0.05) is 36.8 Å². The number of rotatable bonds is 4. The summed E-state index contributed by atoms with van der Waals surface area (Å²) in [6.45, 7) is 2.18. The normalized spacial score (nSPS) is 15.5. The molecule has 0 atom stereocenters. The van der Waals surface area contributed by atoms with Crippen molar-refractivity contribution in [3.8, 4) is 0 Å². The minimum atomic E-state index is -3.75. The molecule has 0 spiro atoms. The van der Waals surface area contributed by atoms with Gasteiger partial charge in [-0.25, -0.2) is 8.42 Å². The first-order chi connectivity index (χ1) is 13.2. The van der Waals surface area contributed by atoms with Crippen molar-refractivity contribution in [2.45, 2.75) is 11.8 Å². The van der Waals surface area contributed by atoms with E-state index in [1.807, 2.05) is 0 Å². The largest absolute Gasteiger partial charge is 0.336 e. The fourth-order valence-corrected chi connectivity index (χ4v) is 4.95. The molecule has 2 aromatic rings. The van der Waals surface area contributed by atoms with Crippen LogP contribution in [0.2, 0.25) is 10.0 Å². The number of hydrogen-bond acceptors (Lipinski definition) is 4. The zero-order chi connectivity index (χ0) is 20.5. The molecule has 1 heterocycles. The van der Waals surface area contributed by atoms with E-state index in [1.165, 1.54) is 29.4 Å². The lowest BCUT2D eigenvalue weighted by molar-refractivity contribution is 0.0698. The maximum atomic E-state index is 12.9. The third kappa shape index (κ3) is 4.22. The number of halogens is 2. The number of amides is 1. The molecule has 0 bridgehead atoms. The van der Waals surface area contributed by atoms with Gasteiger partial charge >= 0.3 is 0 Å².